The Bertz CT molecular complexity index is 434. The molecule has 0 spiro atoms. The van der Waals surface area contributed by atoms with Gasteiger partial charge in [-0.05, 0) is 30.9 Å². The predicted octanol–water partition coefficient (Wildman–Crippen LogP) is 2.26. The van der Waals surface area contributed by atoms with Crippen LogP contribution in [0, 0.1) is 5.92 Å². The van der Waals surface area contributed by atoms with Crippen LogP contribution in [0.2, 0.25) is 0 Å². The first-order valence-electron chi connectivity index (χ1n) is 6.46. The molecule has 3 rings (SSSR count). The SMILES string of the molecule is O=[P@@]1(c2ccccc2)NC[C@H]2CCCC[C@@H]2N1. The Labute approximate surface area is 102 Å². The summed E-state index contributed by atoms with van der Waals surface area (Å²) in [7, 11) is -2.56. The first kappa shape index (κ1) is 11.5. The van der Waals surface area contributed by atoms with Crippen LogP contribution in [0.15, 0.2) is 30.3 Å². The fourth-order valence-corrected chi connectivity index (χ4v) is 5.26. The zero-order valence-corrected chi connectivity index (χ0v) is 10.8. The van der Waals surface area contributed by atoms with E-state index < -0.39 is 7.44 Å². The molecule has 4 heteroatoms. The lowest BCUT2D eigenvalue weighted by Crippen LogP contribution is -2.50. The summed E-state index contributed by atoms with van der Waals surface area (Å²) in [5.74, 6) is 0.662. The molecule has 92 valence electrons. The molecule has 1 saturated carbocycles. The number of benzene rings is 1. The van der Waals surface area contributed by atoms with E-state index in [0.29, 0.717) is 12.0 Å². The van der Waals surface area contributed by atoms with Crippen LogP contribution in [0.5, 0.6) is 0 Å². The molecule has 2 N–H and O–H groups in total. The van der Waals surface area contributed by atoms with Gasteiger partial charge in [0.1, 0.15) is 0 Å². The van der Waals surface area contributed by atoms with Gasteiger partial charge in [0, 0.05) is 17.9 Å². The van der Waals surface area contributed by atoms with Gasteiger partial charge in [0.05, 0.1) is 0 Å². The normalized spacial score (nSPS) is 37.4. The number of fused-ring (bicyclic) bond motifs is 1. The third kappa shape index (κ3) is 2.20. The van der Waals surface area contributed by atoms with Crippen LogP contribution >= 0.6 is 7.44 Å². The Hall–Kier alpha value is -0.630. The smallest absolute Gasteiger partial charge is 0.240 e. The Morgan fingerprint density at radius 2 is 1.88 bits per heavy atom. The van der Waals surface area contributed by atoms with Crippen molar-refractivity contribution in [3.63, 3.8) is 0 Å². The predicted molar refractivity (Wildman–Crippen MR) is 70.6 cm³/mol. The summed E-state index contributed by atoms with van der Waals surface area (Å²) in [6.45, 7) is 0.893. The molecule has 3 atom stereocenters. The van der Waals surface area contributed by atoms with Crippen molar-refractivity contribution in [3.8, 4) is 0 Å². The first-order chi connectivity index (χ1) is 8.28. The van der Waals surface area contributed by atoms with Gasteiger partial charge in [-0.2, -0.15) is 0 Å². The third-order valence-corrected chi connectivity index (χ3v) is 6.30. The van der Waals surface area contributed by atoms with Crippen LogP contribution in [0.4, 0.5) is 0 Å². The maximum absolute atomic E-state index is 12.9. The highest BCUT2D eigenvalue weighted by Crippen LogP contribution is 2.42. The summed E-state index contributed by atoms with van der Waals surface area (Å²) >= 11 is 0. The Morgan fingerprint density at radius 1 is 1.12 bits per heavy atom. The molecule has 1 aromatic rings. The van der Waals surface area contributed by atoms with Crippen molar-refractivity contribution < 1.29 is 4.57 Å². The summed E-state index contributed by atoms with van der Waals surface area (Å²) in [5.41, 5.74) is 0. The van der Waals surface area contributed by atoms with Crippen LogP contribution < -0.4 is 15.5 Å². The lowest BCUT2D eigenvalue weighted by molar-refractivity contribution is 0.273. The molecule has 0 bridgehead atoms. The summed E-state index contributed by atoms with van der Waals surface area (Å²) in [5, 5.41) is 7.55. The molecule has 1 saturated heterocycles. The minimum atomic E-state index is -2.56. The van der Waals surface area contributed by atoms with Gasteiger partial charge >= 0.3 is 0 Å². The van der Waals surface area contributed by atoms with Crippen LogP contribution in [0.25, 0.3) is 0 Å². The molecule has 3 nitrogen and oxygen atoms in total. The number of hydrogen-bond donors (Lipinski definition) is 2. The average Bonchev–Trinajstić information content (AvgIpc) is 2.40. The van der Waals surface area contributed by atoms with Crippen molar-refractivity contribution in [1.82, 2.24) is 10.2 Å². The highest BCUT2D eigenvalue weighted by atomic mass is 31.2. The van der Waals surface area contributed by atoms with E-state index in [9.17, 15) is 4.57 Å². The maximum Gasteiger partial charge on any atom is 0.240 e. The maximum atomic E-state index is 12.9. The number of nitrogens with one attached hydrogen (secondary N) is 2. The van der Waals surface area contributed by atoms with Crippen molar-refractivity contribution in [3.05, 3.63) is 30.3 Å². The van der Waals surface area contributed by atoms with Crippen LogP contribution in [-0.4, -0.2) is 12.6 Å². The lowest BCUT2D eigenvalue weighted by atomic mass is 9.85. The molecule has 0 unspecified atom stereocenters. The van der Waals surface area contributed by atoms with E-state index in [4.69, 9.17) is 0 Å². The molecule has 0 amide bonds. The lowest BCUT2D eigenvalue weighted by Gasteiger charge is -2.40. The van der Waals surface area contributed by atoms with E-state index in [1.54, 1.807) is 0 Å². The zero-order valence-electron chi connectivity index (χ0n) is 9.93. The summed E-state index contributed by atoms with van der Waals surface area (Å²) in [6.07, 6.45) is 5.02. The van der Waals surface area contributed by atoms with Gasteiger partial charge in [-0.25, -0.2) is 5.09 Å². The number of hydrogen-bond acceptors (Lipinski definition) is 1. The van der Waals surface area contributed by atoms with E-state index in [1.807, 2.05) is 30.3 Å². The van der Waals surface area contributed by atoms with Gasteiger partial charge in [0.2, 0.25) is 7.44 Å². The quantitative estimate of drug-likeness (QED) is 0.751. The topological polar surface area (TPSA) is 41.1 Å². The molecule has 1 heterocycles. The molecular weight excluding hydrogens is 231 g/mol. The van der Waals surface area contributed by atoms with Gasteiger partial charge in [0.15, 0.2) is 0 Å². The second kappa shape index (κ2) is 4.56. The molecule has 17 heavy (non-hydrogen) atoms. The average molecular weight is 250 g/mol. The molecule has 0 radical (unpaired) electrons. The molecule has 1 aliphatic carbocycles. The van der Waals surface area contributed by atoms with Gasteiger partial charge in [0.25, 0.3) is 0 Å². The molecule has 2 fully saturated rings. The second-order valence-electron chi connectivity index (χ2n) is 5.09. The fourth-order valence-electron chi connectivity index (χ4n) is 2.95. The van der Waals surface area contributed by atoms with E-state index in [0.717, 1.165) is 11.8 Å². The van der Waals surface area contributed by atoms with Crippen LogP contribution in [-0.2, 0) is 4.57 Å². The highest BCUT2D eigenvalue weighted by Gasteiger charge is 2.38. The zero-order chi connectivity index (χ0) is 11.7. The van der Waals surface area contributed by atoms with Crippen molar-refractivity contribution in [2.24, 2.45) is 5.92 Å². The van der Waals surface area contributed by atoms with Gasteiger partial charge in [-0.1, -0.05) is 31.0 Å². The summed E-state index contributed by atoms with van der Waals surface area (Å²) < 4.78 is 12.9. The van der Waals surface area contributed by atoms with E-state index >= 15 is 0 Å². The minimum absolute atomic E-state index is 0.441. The standard InChI is InChI=1S/C13H19N2OP/c16-17(12-7-2-1-3-8-12)14-10-11-6-4-5-9-13(11)15-17/h1-3,7-8,11,13H,4-6,9-10H2,(H2,14,15,16)/t11-,13+,17+/m1/s1. The fraction of sp³-hybridized carbons (Fsp3) is 0.538. The largest absolute Gasteiger partial charge is 0.284 e. The molecule has 2 aliphatic rings. The molecule has 1 aliphatic heterocycles. The van der Waals surface area contributed by atoms with E-state index in [-0.39, 0.29) is 0 Å². The second-order valence-corrected chi connectivity index (χ2v) is 7.40. The Balaban J connectivity index is 1.83. The van der Waals surface area contributed by atoms with Gasteiger partial charge in [-0.3, -0.25) is 9.65 Å². The summed E-state index contributed by atoms with van der Waals surface area (Å²) in [4.78, 5) is 0. The van der Waals surface area contributed by atoms with Crippen molar-refractivity contribution in [1.29, 1.82) is 0 Å². The van der Waals surface area contributed by atoms with Crippen LogP contribution in [0.1, 0.15) is 25.7 Å². The van der Waals surface area contributed by atoms with Crippen molar-refractivity contribution in [2.45, 2.75) is 31.7 Å². The number of rotatable bonds is 1. The van der Waals surface area contributed by atoms with E-state index in [1.165, 1.54) is 25.7 Å². The van der Waals surface area contributed by atoms with Crippen molar-refractivity contribution in [2.75, 3.05) is 6.54 Å². The van der Waals surface area contributed by atoms with E-state index in [2.05, 4.69) is 10.2 Å². The van der Waals surface area contributed by atoms with Gasteiger partial charge in [-0.15, -0.1) is 0 Å². The molecule has 1 aromatic carbocycles. The summed E-state index contributed by atoms with van der Waals surface area (Å²) in [6, 6.07) is 10.2. The molecular formula is C13H19N2OP. The Kier molecular flexibility index (Phi) is 3.08. The van der Waals surface area contributed by atoms with Gasteiger partial charge < -0.3 is 0 Å². The van der Waals surface area contributed by atoms with Crippen LogP contribution in [0.3, 0.4) is 0 Å². The minimum Gasteiger partial charge on any atom is -0.284 e. The third-order valence-electron chi connectivity index (χ3n) is 3.95. The Morgan fingerprint density at radius 3 is 2.71 bits per heavy atom. The van der Waals surface area contributed by atoms with Crippen molar-refractivity contribution >= 4 is 12.7 Å². The highest BCUT2D eigenvalue weighted by molar-refractivity contribution is 7.67. The monoisotopic (exact) mass is 250 g/mol. The first-order valence-corrected chi connectivity index (χ1v) is 8.17. The molecule has 0 aromatic heterocycles.